The van der Waals surface area contributed by atoms with Crippen LogP contribution in [0, 0.1) is 0 Å². The van der Waals surface area contributed by atoms with Gasteiger partial charge in [-0.1, -0.05) is 127 Å². The van der Waals surface area contributed by atoms with Gasteiger partial charge in [0.15, 0.2) is 5.82 Å². The summed E-state index contributed by atoms with van der Waals surface area (Å²) in [5.41, 5.74) is 10.3. The lowest BCUT2D eigenvalue weighted by Crippen LogP contribution is -1.98. The normalized spacial score (nSPS) is 11.5. The van der Waals surface area contributed by atoms with Crippen LogP contribution in [0.25, 0.3) is 94.2 Å². The van der Waals surface area contributed by atoms with E-state index in [1.807, 2.05) is 24.4 Å². The molecule has 0 atom stereocenters. The molecule has 0 aliphatic carbocycles. The summed E-state index contributed by atoms with van der Waals surface area (Å²) in [5, 5.41) is 7.09. The Morgan fingerprint density at radius 2 is 0.843 bits per heavy atom. The van der Waals surface area contributed by atoms with Crippen molar-refractivity contribution in [1.82, 2.24) is 19.5 Å². The summed E-state index contributed by atoms with van der Waals surface area (Å²) in [5.74, 6) is 0.704. The van der Waals surface area contributed by atoms with Crippen molar-refractivity contribution in [2.45, 2.75) is 0 Å². The zero-order chi connectivity index (χ0) is 33.7. The smallest absolute Gasteiger partial charge is 0.161 e. The molecule has 0 amide bonds. The Morgan fingerprint density at radius 1 is 0.373 bits per heavy atom. The molecule has 0 aliphatic rings. The number of nitrogens with zero attached hydrogens (tertiary/aromatic N) is 4. The third kappa shape index (κ3) is 4.96. The number of fused-ring (bicyclic) bond motifs is 5. The maximum absolute atomic E-state index is 5.33. The summed E-state index contributed by atoms with van der Waals surface area (Å²) in [6.07, 6.45) is 1.83. The molecule has 7 aromatic carbocycles. The van der Waals surface area contributed by atoms with E-state index in [1.54, 1.807) is 0 Å². The quantitative estimate of drug-likeness (QED) is 0.174. The zero-order valence-electron chi connectivity index (χ0n) is 27.6. The molecule has 0 radical (unpaired) electrons. The SMILES string of the molecule is c1ccc(-c2ccc(-c3cc(-c4ccc(-n5c6ccccc6c6ccccc65)cc4)nc(-c4c5ccccc5cc5ccccc45)n3)cc2)nc1. The summed E-state index contributed by atoms with van der Waals surface area (Å²) >= 11 is 0. The second-order valence-corrected chi connectivity index (χ2v) is 12.9. The fraction of sp³-hybridized carbons (Fsp3) is 0. The maximum Gasteiger partial charge on any atom is 0.161 e. The Labute approximate surface area is 295 Å². The molecule has 4 nitrogen and oxygen atoms in total. The van der Waals surface area contributed by atoms with Crippen molar-refractivity contribution in [1.29, 1.82) is 0 Å². The number of aromatic nitrogens is 4. The summed E-state index contributed by atoms with van der Waals surface area (Å²) in [6, 6.07) is 61.9. The van der Waals surface area contributed by atoms with Crippen LogP contribution in [-0.4, -0.2) is 19.5 Å². The van der Waals surface area contributed by atoms with Gasteiger partial charge in [0.05, 0.1) is 28.1 Å². The van der Waals surface area contributed by atoms with Crippen molar-refractivity contribution in [2.24, 2.45) is 0 Å². The van der Waals surface area contributed by atoms with E-state index in [0.717, 1.165) is 66.6 Å². The summed E-state index contributed by atoms with van der Waals surface area (Å²) < 4.78 is 2.34. The van der Waals surface area contributed by atoms with Crippen LogP contribution in [0.1, 0.15) is 0 Å². The molecule has 0 unspecified atom stereocenters. The molecule has 0 N–H and O–H groups in total. The third-order valence-corrected chi connectivity index (χ3v) is 9.86. The summed E-state index contributed by atoms with van der Waals surface area (Å²) in [4.78, 5) is 15.2. The van der Waals surface area contributed by atoms with Crippen molar-refractivity contribution < 1.29 is 0 Å². The van der Waals surface area contributed by atoms with Gasteiger partial charge >= 0.3 is 0 Å². The van der Waals surface area contributed by atoms with Gasteiger partial charge in [-0.3, -0.25) is 4.98 Å². The first kappa shape index (κ1) is 29.0. The molecule has 10 rings (SSSR count). The highest BCUT2D eigenvalue weighted by molar-refractivity contribution is 6.12. The van der Waals surface area contributed by atoms with E-state index in [-0.39, 0.29) is 0 Å². The van der Waals surface area contributed by atoms with Gasteiger partial charge in [0.1, 0.15) is 0 Å². The molecule has 238 valence electrons. The molecular weight excluding hydrogens is 621 g/mol. The lowest BCUT2D eigenvalue weighted by atomic mass is 9.95. The monoisotopic (exact) mass is 650 g/mol. The van der Waals surface area contributed by atoms with Crippen molar-refractivity contribution in [3.05, 3.63) is 182 Å². The second-order valence-electron chi connectivity index (χ2n) is 12.9. The van der Waals surface area contributed by atoms with Gasteiger partial charge in [-0.2, -0.15) is 0 Å². The van der Waals surface area contributed by atoms with Gasteiger partial charge in [0.25, 0.3) is 0 Å². The van der Waals surface area contributed by atoms with Crippen molar-refractivity contribution >= 4 is 43.4 Å². The van der Waals surface area contributed by atoms with Crippen LogP contribution >= 0.6 is 0 Å². The highest BCUT2D eigenvalue weighted by atomic mass is 15.0. The maximum atomic E-state index is 5.33. The van der Waals surface area contributed by atoms with Gasteiger partial charge in [-0.05, 0) is 70.1 Å². The average molecular weight is 651 g/mol. The third-order valence-electron chi connectivity index (χ3n) is 9.86. The van der Waals surface area contributed by atoms with Gasteiger partial charge < -0.3 is 4.57 Å². The molecule has 10 aromatic rings. The van der Waals surface area contributed by atoms with Crippen LogP contribution in [0.2, 0.25) is 0 Å². The van der Waals surface area contributed by atoms with Gasteiger partial charge in [-0.25, -0.2) is 9.97 Å². The molecular formula is C47H30N4. The van der Waals surface area contributed by atoms with Crippen molar-refractivity contribution in [3.8, 4) is 50.8 Å². The second kappa shape index (κ2) is 11.9. The molecule has 0 bridgehead atoms. The molecule has 3 aromatic heterocycles. The molecule has 4 heteroatoms. The topological polar surface area (TPSA) is 43.6 Å². The highest BCUT2D eigenvalue weighted by Crippen LogP contribution is 2.38. The Balaban J connectivity index is 1.16. The standard InChI is InChI=1S/C47H30N4/c1-3-13-37-34(11-1)29-35-12-2-4-14-38(35)46(37)47-49-42(32-22-20-31(21-23-32)41-17-9-10-28-48-41)30-43(50-47)33-24-26-36(27-25-33)51-44-18-7-5-15-39(44)40-16-6-8-19-45(40)51/h1-30H. The number of rotatable bonds is 5. The van der Waals surface area contributed by atoms with Crippen molar-refractivity contribution in [3.63, 3.8) is 0 Å². The van der Waals surface area contributed by atoms with Crippen LogP contribution in [0.3, 0.4) is 0 Å². The highest BCUT2D eigenvalue weighted by Gasteiger charge is 2.17. The van der Waals surface area contributed by atoms with E-state index in [1.165, 1.54) is 21.8 Å². The average Bonchev–Trinajstić information content (AvgIpc) is 3.54. The van der Waals surface area contributed by atoms with Crippen molar-refractivity contribution in [2.75, 3.05) is 0 Å². The molecule has 51 heavy (non-hydrogen) atoms. The number of hydrogen-bond acceptors (Lipinski definition) is 3. The van der Waals surface area contributed by atoms with E-state index in [9.17, 15) is 0 Å². The first-order chi connectivity index (χ1) is 25.3. The fourth-order valence-corrected chi connectivity index (χ4v) is 7.44. The predicted molar refractivity (Wildman–Crippen MR) is 211 cm³/mol. The lowest BCUT2D eigenvalue weighted by molar-refractivity contribution is 1.17. The van der Waals surface area contributed by atoms with Crippen LogP contribution in [0.15, 0.2) is 182 Å². The number of benzene rings is 7. The van der Waals surface area contributed by atoms with E-state index in [2.05, 4.69) is 167 Å². The fourth-order valence-electron chi connectivity index (χ4n) is 7.44. The predicted octanol–water partition coefficient (Wildman–Crippen LogP) is 11.9. The van der Waals surface area contributed by atoms with E-state index in [4.69, 9.17) is 9.97 Å². The molecule has 0 aliphatic heterocycles. The Kier molecular flexibility index (Phi) is 6.78. The number of para-hydroxylation sites is 2. The van der Waals surface area contributed by atoms with Crippen LogP contribution < -0.4 is 0 Å². The number of hydrogen-bond donors (Lipinski definition) is 0. The Bertz CT molecular complexity index is 2780. The summed E-state index contributed by atoms with van der Waals surface area (Å²) in [7, 11) is 0. The molecule has 0 saturated heterocycles. The minimum Gasteiger partial charge on any atom is -0.309 e. The largest absolute Gasteiger partial charge is 0.309 e. The molecule has 0 fully saturated rings. The zero-order valence-corrected chi connectivity index (χ0v) is 27.6. The minimum absolute atomic E-state index is 0.704. The lowest BCUT2D eigenvalue weighted by Gasteiger charge is -2.14. The van der Waals surface area contributed by atoms with Crippen LogP contribution in [0.4, 0.5) is 0 Å². The molecule has 3 heterocycles. The first-order valence-electron chi connectivity index (χ1n) is 17.2. The summed E-state index contributed by atoms with van der Waals surface area (Å²) in [6.45, 7) is 0. The first-order valence-corrected chi connectivity index (χ1v) is 17.2. The Hall–Kier alpha value is -6.91. The van der Waals surface area contributed by atoms with Gasteiger partial charge in [0, 0.05) is 44.9 Å². The van der Waals surface area contributed by atoms with E-state index in [0.29, 0.717) is 5.82 Å². The van der Waals surface area contributed by atoms with Crippen LogP contribution in [0.5, 0.6) is 0 Å². The Morgan fingerprint density at radius 3 is 1.39 bits per heavy atom. The van der Waals surface area contributed by atoms with Gasteiger partial charge in [-0.15, -0.1) is 0 Å². The molecule has 0 saturated carbocycles. The van der Waals surface area contributed by atoms with E-state index < -0.39 is 0 Å². The minimum atomic E-state index is 0.704. The van der Waals surface area contributed by atoms with Crippen LogP contribution in [-0.2, 0) is 0 Å². The van der Waals surface area contributed by atoms with Gasteiger partial charge in [0.2, 0.25) is 0 Å². The number of pyridine rings is 1. The van der Waals surface area contributed by atoms with E-state index >= 15 is 0 Å². The molecule has 0 spiro atoms.